The van der Waals surface area contributed by atoms with Crippen LogP contribution < -0.4 is 0 Å². The van der Waals surface area contributed by atoms with Gasteiger partial charge in [-0.25, -0.2) is 0 Å². The fourth-order valence-corrected chi connectivity index (χ4v) is 6.29. The SMILES string of the molecule is CCC(C)c1cc2c(-c3ccccc3C)c(C)ccc2[cH-]1.CCC(C)c1cc2c(-c3ccccc3C)c(C)ccc2[cH-]1.C[Si]C.[Cl][Zr+2][Cl]. The summed E-state index contributed by atoms with van der Waals surface area (Å²) in [7, 11) is 11.0. The van der Waals surface area contributed by atoms with Crippen molar-refractivity contribution < 1.29 is 20.8 Å². The van der Waals surface area contributed by atoms with Gasteiger partial charge in [0, 0.05) is 9.52 Å². The molecule has 6 aromatic rings. The average Bonchev–Trinajstić information content (AvgIpc) is 3.71. The van der Waals surface area contributed by atoms with E-state index in [0.29, 0.717) is 11.8 Å². The van der Waals surface area contributed by atoms with E-state index in [0.717, 1.165) is 9.52 Å². The zero-order chi connectivity index (χ0) is 35.4. The van der Waals surface area contributed by atoms with Gasteiger partial charge in [0.25, 0.3) is 0 Å². The molecule has 0 bridgehead atoms. The Hall–Kier alpha value is -2.22. The van der Waals surface area contributed by atoms with Crippen molar-refractivity contribution in [2.45, 2.75) is 93.2 Å². The molecule has 0 aliphatic carbocycles. The molecule has 0 N–H and O–H groups in total. The van der Waals surface area contributed by atoms with Crippen molar-refractivity contribution in [3.8, 4) is 22.3 Å². The van der Waals surface area contributed by atoms with Crippen LogP contribution in [0.2, 0.25) is 13.1 Å². The van der Waals surface area contributed by atoms with E-state index >= 15 is 0 Å². The van der Waals surface area contributed by atoms with Gasteiger partial charge >= 0.3 is 37.9 Å². The van der Waals surface area contributed by atoms with Crippen molar-refractivity contribution in [1.29, 1.82) is 0 Å². The van der Waals surface area contributed by atoms with Gasteiger partial charge in [-0.1, -0.05) is 124 Å². The van der Waals surface area contributed by atoms with Gasteiger partial charge in [-0.3, -0.25) is 0 Å². The Morgan fingerprint density at radius 3 is 1.23 bits per heavy atom. The van der Waals surface area contributed by atoms with Crippen molar-refractivity contribution in [2.24, 2.45) is 0 Å². The summed E-state index contributed by atoms with van der Waals surface area (Å²) in [5.41, 5.74) is 13.9. The first kappa shape index (κ1) is 40.2. The predicted octanol–water partition coefficient (Wildman–Crippen LogP) is 14.9. The molecule has 250 valence electrons. The molecule has 6 rings (SSSR count). The van der Waals surface area contributed by atoms with Gasteiger partial charge in [0.1, 0.15) is 0 Å². The van der Waals surface area contributed by atoms with Gasteiger partial charge in [-0.05, 0) is 61.8 Å². The summed E-state index contributed by atoms with van der Waals surface area (Å²) < 4.78 is 0. The van der Waals surface area contributed by atoms with E-state index in [1.165, 1.54) is 90.0 Å². The molecule has 0 amide bonds. The molecule has 48 heavy (non-hydrogen) atoms. The second kappa shape index (κ2) is 19.8. The molecule has 4 heteroatoms. The molecule has 2 unspecified atom stereocenters. The molecule has 0 aromatic heterocycles. The molecule has 0 spiro atoms. The Morgan fingerprint density at radius 2 is 0.917 bits per heavy atom. The van der Waals surface area contributed by atoms with Gasteiger partial charge in [-0.2, -0.15) is 12.1 Å². The first-order chi connectivity index (χ1) is 23.1. The molecular weight excluding hydrogens is 719 g/mol. The molecule has 0 heterocycles. The number of aryl methyl sites for hydroxylation is 4. The van der Waals surface area contributed by atoms with Crippen molar-refractivity contribution in [1.82, 2.24) is 0 Å². The molecule has 0 saturated carbocycles. The first-order valence-corrected chi connectivity index (χ1v) is 25.5. The first-order valence-electron chi connectivity index (χ1n) is 17.1. The van der Waals surface area contributed by atoms with Gasteiger partial charge in [-0.15, -0.1) is 69.1 Å². The summed E-state index contributed by atoms with van der Waals surface area (Å²) in [6, 6.07) is 36.0. The van der Waals surface area contributed by atoms with Gasteiger partial charge in [0.15, 0.2) is 0 Å². The van der Waals surface area contributed by atoms with Crippen molar-refractivity contribution in [2.75, 3.05) is 0 Å². The van der Waals surface area contributed by atoms with Crippen LogP contribution in [0.4, 0.5) is 0 Å². The molecule has 2 atom stereocenters. The Morgan fingerprint density at radius 1 is 0.583 bits per heavy atom. The summed E-state index contributed by atoms with van der Waals surface area (Å²) in [6.45, 7) is 22.3. The van der Waals surface area contributed by atoms with Crippen LogP contribution in [0, 0.1) is 27.7 Å². The molecule has 2 radical (unpaired) electrons. The normalized spacial score (nSPS) is 11.8. The molecule has 0 nitrogen and oxygen atoms in total. The van der Waals surface area contributed by atoms with Crippen LogP contribution in [0.15, 0.2) is 97.1 Å². The van der Waals surface area contributed by atoms with Crippen LogP contribution in [0.25, 0.3) is 43.8 Å². The topological polar surface area (TPSA) is 0 Å². The Kier molecular flexibility index (Phi) is 16.6. The second-order valence-corrected chi connectivity index (χ2v) is 17.6. The van der Waals surface area contributed by atoms with Crippen molar-refractivity contribution in [3.05, 3.63) is 130 Å². The maximum absolute atomic E-state index is 4.93. The third kappa shape index (κ3) is 9.94. The third-order valence-corrected chi connectivity index (χ3v) is 9.43. The Balaban J connectivity index is 0.000000224. The molecule has 0 aliphatic rings. The summed E-state index contributed by atoms with van der Waals surface area (Å²) in [5, 5.41) is 5.54. The molecule has 6 aromatic carbocycles. The molecule has 0 fully saturated rings. The van der Waals surface area contributed by atoms with Gasteiger partial charge in [0.05, 0.1) is 0 Å². The fourth-order valence-electron chi connectivity index (χ4n) is 6.29. The van der Waals surface area contributed by atoms with Gasteiger partial charge in [0.2, 0.25) is 0 Å². The van der Waals surface area contributed by atoms with E-state index in [-0.39, 0.29) is 0 Å². The van der Waals surface area contributed by atoms with Gasteiger partial charge < -0.3 is 0 Å². The summed E-state index contributed by atoms with van der Waals surface area (Å²) in [6.07, 6.45) is 2.38. The zero-order valence-electron chi connectivity index (χ0n) is 30.6. The third-order valence-electron chi connectivity index (χ3n) is 9.43. The van der Waals surface area contributed by atoms with E-state index in [1.807, 2.05) is 0 Å². The van der Waals surface area contributed by atoms with Crippen LogP contribution in [-0.4, -0.2) is 9.52 Å². The summed E-state index contributed by atoms with van der Waals surface area (Å²) in [4.78, 5) is 0. The van der Waals surface area contributed by atoms with E-state index in [1.54, 1.807) is 0 Å². The Bertz CT molecular complexity index is 1740. The molecule has 0 aliphatic heterocycles. The number of halogens is 2. The number of hydrogen-bond acceptors (Lipinski definition) is 0. The molecular formula is C44H52Cl2SiZr. The van der Waals surface area contributed by atoms with Crippen LogP contribution in [0.5, 0.6) is 0 Å². The minimum atomic E-state index is -0.826. The van der Waals surface area contributed by atoms with Crippen LogP contribution >= 0.6 is 17.0 Å². The summed E-state index contributed by atoms with van der Waals surface area (Å²) in [5.74, 6) is 1.25. The van der Waals surface area contributed by atoms with E-state index in [4.69, 9.17) is 17.0 Å². The standard InChI is InChI=1S/2C21H23.C2H6Si.2ClH.Zr/c2*1-5-14(2)18-12-17-11-10-16(4)21(20(17)13-18)19-9-7-6-8-15(19)3;1-3-2;;;/h2*6-14H,5H2,1-4H3;1-2H3;2*1H;/q2*-1;;;;+4/p-2. The number of benzene rings is 4. The van der Waals surface area contributed by atoms with Crippen molar-refractivity contribution >= 4 is 48.1 Å². The quantitative estimate of drug-likeness (QED) is 0.117. The van der Waals surface area contributed by atoms with Crippen LogP contribution in [-0.2, 0) is 20.8 Å². The average molecular weight is 771 g/mol. The second-order valence-electron chi connectivity index (χ2n) is 12.9. The number of hydrogen-bond donors (Lipinski definition) is 0. The maximum atomic E-state index is 4.93. The van der Waals surface area contributed by atoms with E-state index in [2.05, 4.69) is 166 Å². The summed E-state index contributed by atoms with van der Waals surface area (Å²) >= 11 is -0.826. The van der Waals surface area contributed by atoms with E-state index in [9.17, 15) is 0 Å². The van der Waals surface area contributed by atoms with E-state index < -0.39 is 20.8 Å². The molecule has 0 saturated heterocycles. The number of fused-ring (bicyclic) bond motifs is 2. The van der Waals surface area contributed by atoms with Crippen LogP contribution in [0.1, 0.15) is 85.8 Å². The Labute approximate surface area is 312 Å². The van der Waals surface area contributed by atoms with Crippen molar-refractivity contribution in [3.63, 3.8) is 0 Å². The minimum absolute atomic E-state index is 0.627. The predicted molar refractivity (Wildman–Crippen MR) is 216 cm³/mol. The van der Waals surface area contributed by atoms with Crippen LogP contribution in [0.3, 0.4) is 0 Å². The fraction of sp³-hybridized carbons (Fsp3) is 0.318. The zero-order valence-corrected chi connectivity index (χ0v) is 35.5. The monoisotopic (exact) mass is 768 g/mol. The number of rotatable bonds is 6.